The molecule has 4 aliphatic rings. The second-order valence-corrected chi connectivity index (χ2v) is 11.2. The van der Waals surface area contributed by atoms with Crippen molar-refractivity contribution in [2.24, 2.45) is 34.4 Å². The fraction of sp³-hybridized carbons (Fsp3) is 1.00. The van der Waals surface area contributed by atoms with E-state index in [1.165, 1.54) is 0 Å². The lowest BCUT2D eigenvalue weighted by molar-refractivity contribution is -0.306. The summed E-state index contributed by atoms with van der Waals surface area (Å²) in [4.78, 5) is 0. The Morgan fingerprint density at radius 2 is 0.976 bits per heavy atom. The number of rotatable bonds is 9. The highest BCUT2D eigenvalue weighted by Gasteiger charge is 2.54. The molecular weight excluding hydrogens is 568 g/mol. The van der Waals surface area contributed by atoms with Crippen LogP contribution in [-0.2, 0) is 28.4 Å². The van der Waals surface area contributed by atoms with E-state index < -0.39 is 123 Å². The largest absolute Gasteiger partial charge is 0.394 e. The first-order valence-electron chi connectivity index (χ1n) is 13.9. The molecule has 3 heterocycles. The molecule has 19 nitrogen and oxygen atoms in total. The average molecular weight is 615 g/mol. The summed E-state index contributed by atoms with van der Waals surface area (Å²) in [6, 6.07) is -4.18. The smallest absolute Gasteiger partial charge is 0.187 e. The van der Waals surface area contributed by atoms with Gasteiger partial charge in [0.1, 0.15) is 67.1 Å². The van der Waals surface area contributed by atoms with E-state index in [0.717, 1.165) is 0 Å². The lowest BCUT2D eigenvalue weighted by Crippen LogP contribution is -2.68. The number of hydrogen-bond donors (Lipinski definition) is 13. The van der Waals surface area contributed by atoms with E-state index in [-0.39, 0.29) is 19.5 Å². The van der Waals surface area contributed by atoms with E-state index in [1.54, 1.807) is 0 Å². The second-order valence-electron chi connectivity index (χ2n) is 11.2. The highest BCUT2D eigenvalue weighted by Crippen LogP contribution is 2.34. The van der Waals surface area contributed by atoms with Crippen molar-refractivity contribution in [1.29, 1.82) is 0 Å². The zero-order chi connectivity index (χ0) is 31.0. The molecule has 42 heavy (non-hydrogen) atoms. The Hall–Kier alpha value is -0.760. The van der Waals surface area contributed by atoms with Crippen LogP contribution in [0.4, 0.5) is 0 Å². The van der Waals surface area contributed by atoms with Crippen LogP contribution < -0.4 is 34.4 Å². The van der Waals surface area contributed by atoms with Crippen LogP contribution in [0.5, 0.6) is 0 Å². The topological polar surface area (TPSA) is 353 Å². The van der Waals surface area contributed by atoms with E-state index in [4.69, 9.17) is 62.8 Å². The number of ether oxygens (including phenoxy) is 6. The molecule has 0 aromatic carbocycles. The third-order valence-corrected chi connectivity index (χ3v) is 8.37. The van der Waals surface area contributed by atoms with E-state index in [2.05, 4.69) is 0 Å². The standard InChI is InChI=1S/C23H46N6O13/c24-2-7-13(32)15(34)10(28)21(37-7)40-18-6(27)1-5(26)12(31)20(18)42-23-17(36)19(9(4-30)39-23)41-22-11(29)16(35)14(33)8(3-25)38-22/h5-23,30-36H,1-4,24-29H2/t5-,6+,7-,8+,9-,10-,11-,12+,13+,14+,15-,16-,17-,18+,19-,20-,21+,22+,23+/m1/s1. The van der Waals surface area contributed by atoms with Crippen molar-refractivity contribution in [1.82, 2.24) is 0 Å². The first-order chi connectivity index (χ1) is 19.8. The molecule has 0 radical (unpaired) electrons. The molecule has 3 aliphatic heterocycles. The lowest BCUT2D eigenvalue weighted by Gasteiger charge is -2.47. The Morgan fingerprint density at radius 1 is 0.524 bits per heavy atom. The predicted octanol–water partition coefficient (Wildman–Crippen LogP) is -8.90. The molecule has 0 bridgehead atoms. The fourth-order valence-corrected chi connectivity index (χ4v) is 5.74. The van der Waals surface area contributed by atoms with E-state index in [0.29, 0.717) is 0 Å². The quantitative estimate of drug-likeness (QED) is 0.115. The van der Waals surface area contributed by atoms with Crippen LogP contribution in [0.3, 0.4) is 0 Å². The minimum Gasteiger partial charge on any atom is -0.394 e. The SMILES string of the molecule is NC[C@@H]1O[C@@H](O[C@H]2[C@@H](O)[C@H](O[C@@H]3[C@@H](O)[C@H](N)C[C@H](N)[C@@H]3O[C@@H]3O[C@H](CN)[C@H](O)[C@H](O)[C@H]3N)O[C@@H]2CO)[C@H](N)[C@@H](O)[C@H]1O. The zero-order valence-electron chi connectivity index (χ0n) is 22.8. The molecule has 0 unspecified atom stereocenters. The Kier molecular flexibility index (Phi) is 11.5. The maximum Gasteiger partial charge on any atom is 0.187 e. The van der Waals surface area contributed by atoms with Gasteiger partial charge in [0.25, 0.3) is 0 Å². The van der Waals surface area contributed by atoms with Crippen molar-refractivity contribution in [2.45, 2.75) is 123 Å². The highest BCUT2D eigenvalue weighted by atomic mass is 16.8. The molecule has 0 aromatic heterocycles. The summed E-state index contributed by atoms with van der Waals surface area (Å²) in [5.41, 5.74) is 35.6. The van der Waals surface area contributed by atoms with Gasteiger partial charge in [0.15, 0.2) is 18.9 Å². The maximum atomic E-state index is 11.1. The highest BCUT2D eigenvalue weighted by molar-refractivity contribution is 5.02. The minimum atomic E-state index is -1.60. The van der Waals surface area contributed by atoms with Gasteiger partial charge in [-0.2, -0.15) is 0 Å². The molecule has 0 amide bonds. The monoisotopic (exact) mass is 614 g/mol. The fourth-order valence-electron chi connectivity index (χ4n) is 5.74. The van der Waals surface area contributed by atoms with Gasteiger partial charge in [-0.1, -0.05) is 0 Å². The van der Waals surface area contributed by atoms with Gasteiger partial charge in [-0.25, -0.2) is 0 Å². The van der Waals surface area contributed by atoms with Gasteiger partial charge in [-0.05, 0) is 6.42 Å². The van der Waals surface area contributed by atoms with E-state index in [9.17, 15) is 35.7 Å². The van der Waals surface area contributed by atoms with Crippen molar-refractivity contribution in [3.8, 4) is 0 Å². The summed E-state index contributed by atoms with van der Waals surface area (Å²) < 4.78 is 34.6. The van der Waals surface area contributed by atoms with Gasteiger partial charge < -0.3 is 98.6 Å². The van der Waals surface area contributed by atoms with Crippen LogP contribution in [0.15, 0.2) is 0 Å². The van der Waals surface area contributed by atoms with Gasteiger partial charge in [-0.3, -0.25) is 0 Å². The third-order valence-electron chi connectivity index (χ3n) is 8.37. The molecule has 3 saturated heterocycles. The van der Waals surface area contributed by atoms with Crippen LogP contribution in [0.2, 0.25) is 0 Å². The van der Waals surface area contributed by atoms with Crippen molar-refractivity contribution >= 4 is 0 Å². The normalized spacial score (nSPS) is 53.8. The summed E-state index contributed by atoms with van der Waals surface area (Å²) >= 11 is 0. The Balaban J connectivity index is 1.50. The molecule has 4 rings (SSSR count). The number of hydrogen-bond acceptors (Lipinski definition) is 19. The van der Waals surface area contributed by atoms with Crippen molar-refractivity contribution in [3.63, 3.8) is 0 Å². The summed E-state index contributed by atoms with van der Waals surface area (Å²) in [5, 5.41) is 73.0. The number of aliphatic hydroxyl groups excluding tert-OH is 7. The van der Waals surface area contributed by atoms with Gasteiger partial charge >= 0.3 is 0 Å². The van der Waals surface area contributed by atoms with Crippen LogP contribution >= 0.6 is 0 Å². The second kappa shape index (κ2) is 14.1. The van der Waals surface area contributed by atoms with E-state index >= 15 is 0 Å². The predicted molar refractivity (Wildman–Crippen MR) is 138 cm³/mol. The minimum absolute atomic E-state index is 0.0889. The number of aliphatic hydroxyl groups is 7. The Labute approximate surface area is 241 Å². The summed E-state index contributed by atoms with van der Waals surface area (Å²) in [7, 11) is 0. The van der Waals surface area contributed by atoms with Crippen LogP contribution in [-0.4, -0.2) is 172 Å². The molecule has 19 N–H and O–H groups in total. The number of nitrogens with two attached hydrogens (primary N) is 6. The molecule has 1 saturated carbocycles. The average Bonchev–Trinajstić information content (AvgIpc) is 3.27. The molecule has 246 valence electrons. The molecule has 0 spiro atoms. The van der Waals surface area contributed by atoms with Crippen LogP contribution in [0.25, 0.3) is 0 Å². The van der Waals surface area contributed by atoms with Gasteiger partial charge in [0.2, 0.25) is 0 Å². The van der Waals surface area contributed by atoms with E-state index in [1.807, 2.05) is 0 Å². The van der Waals surface area contributed by atoms with Crippen molar-refractivity contribution < 1.29 is 64.2 Å². The first-order valence-corrected chi connectivity index (χ1v) is 13.9. The molecule has 19 atom stereocenters. The van der Waals surface area contributed by atoms with Crippen LogP contribution in [0.1, 0.15) is 6.42 Å². The van der Waals surface area contributed by atoms with Crippen molar-refractivity contribution in [3.05, 3.63) is 0 Å². The van der Waals surface area contributed by atoms with Crippen molar-refractivity contribution in [2.75, 3.05) is 19.7 Å². The van der Waals surface area contributed by atoms with Gasteiger partial charge in [-0.15, -0.1) is 0 Å². The molecule has 1 aliphatic carbocycles. The lowest BCUT2D eigenvalue weighted by atomic mass is 9.84. The Bertz CT molecular complexity index is 868. The first kappa shape index (κ1) is 34.1. The summed E-state index contributed by atoms with van der Waals surface area (Å²) in [6.45, 7) is -0.967. The maximum absolute atomic E-state index is 11.1. The molecular formula is C23H46N6O13. The summed E-state index contributed by atoms with van der Waals surface area (Å²) in [6.07, 6.45) is -19.8. The molecule has 19 heteroatoms. The summed E-state index contributed by atoms with van der Waals surface area (Å²) in [5.74, 6) is 0. The zero-order valence-corrected chi connectivity index (χ0v) is 22.8. The van der Waals surface area contributed by atoms with Gasteiger partial charge in [0, 0.05) is 25.2 Å². The Morgan fingerprint density at radius 3 is 1.45 bits per heavy atom. The molecule has 0 aromatic rings. The molecule has 4 fully saturated rings. The van der Waals surface area contributed by atoms with Crippen LogP contribution in [0, 0.1) is 0 Å². The van der Waals surface area contributed by atoms with Gasteiger partial charge in [0.05, 0.1) is 24.8 Å². The third kappa shape index (κ3) is 6.60.